The van der Waals surface area contributed by atoms with Crippen molar-refractivity contribution in [2.45, 2.75) is 33.1 Å². The fourth-order valence-electron chi connectivity index (χ4n) is 7.12. The molecule has 6 heterocycles. The van der Waals surface area contributed by atoms with E-state index < -0.39 is 5.82 Å². The predicted molar refractivity (Wildman–Crippen MR) is 188 cm³/mol. The molecule has 0 aliphatic carbocycles. The molecule has 3 aliphatic rings. The molecule has 3 aromatic heterocycles. The Morgan fingerprint density at radius 1 is 1.02 bits per heavy atom. The summed E-state index contributed by atoms with van der Waals surface area (Å²) in [5, 5.41) is 13.3. The molecule has 5 aromatic rings. The van der Waals surface area contributed by atoms with Crippen LogP contribution in [0.5, 0.6) is 0 Å². The van der Waals surface area contributed by atoms with Crippen molar-refractivity contribution in [3.8, 4) is 10.4 Å². The number of carbonyl (C=O) groups is 3. The molecule has 2 fully saturated rings. The van der Waals surface area contributed by atoms with Crippen LogP contribution in [0.3, 0.4) is 0 Å². The van der Waals surface area contributed by atoms with Crippen LogP contribution in [0.1, 0.15) is 65.7 Å². The number of thiophene rings is 1. The van der Waals surface area contributed by atoms with Crippen LogP contribution < -0.4 is 15.1 Å². The molecule has 2 aromatic carbocycles. The van der Waals surface area contributed by atoms with Gasteiger partial charge in [0.2, 0.25) is 5.78 Å². The Bertz CT molecular complexity index is 2150. The van der Waals surface area contributed by atoms with Crippen LogP contribution in [-0.4, -0.2) is 70.8 Å². The van der Waals surface area contributed by atoms with Gasteiger partial charge < -0.3 is 19.9 Å². The van der Waals surface area contributed by atoms with Gasteiger partial charge in [-0.25, -0.2) is 9.37 Å². The normalized spacial score (nSPS) is 16.3. The fourth-order valence-corrected chi connectivity index (χ4v) is 8.31. The van der Waals surface area contributed by atoms with Gasteiger partial charge >= 0.3 is 0 Å². The molecule has 0 radical (unpaired) electrons. The summed E-state index contributed by atoms with van der Waals surface area (Å²) in [4.78, 5) is 50.5. The molecule has 11 nitrogen and oxygen atoms in total. The number of hydrogen-bond donors (Lipinski definition) is 2. The van der Waals surface area contributed by atoms with Gasteiger partial charge in [0.15, 0.2) is 0 Å². The van der Waals surface area contributed by atoms with Crippen LogP contribution in [0.15, 0.2) is 60.8 Å². The molecule has 0 saturated carbocycles. The Balaban J connectivity index is 1.00. The van der Waals surface area contributed by atoms with E-state index in [9.17, 15) is 18.8 Å². The fraction of sp³-hybridized carbons (Fsp3) is 0.297. The minimum atomic E-state index is -0.471. The van der Waals surface area contributed by atoms with E-state index in [1.807, 2.05) is 19.1 Å². The van der Waals surface area contributed by atoms with Gasteiger partial charge in [0.1, 0.15) is 17.3 Å². The zero-order valence-corrected chi connectivity index (χ0v) is 28.4. The quantitative estimate of drug-likeness (QED) is 0.208. The molecule has 8 rings (SSSR count). The number of aromatic nitrogens is 4. The third-order valence-corrected chi connectivity index (χ3v) is 11.1. The van der Waals surface area contributed by atoms with Crippen molar-refractivity contribution < 1.29 is 23.5 Å². The number of rotatable bonds is 6. The van der Waals surface area contributed by atoms with Crippen molar-refractivity contribution in [3.05, 3.63) is 105 Å². The third kappa shape index (κ3) is 5.75. The first-order valence-corrected chi connectivity index (χ1v) is 17.4. The smallest absolute Gasteiger partial charge is 0.259 e. The molecule has 0 atom stereocenters. The van der Waals surface area contributed by atoms with Gasteiger partial charge in [0.05, 0.1) is 21.8 Å². The van der Waals surface area contributed by atoms with Crippen LogP contribution in [0, 0.1) is 25.1 Å². The standard InChI is InChI=1S/C37H34FN7O4S/c1-21-15-28(34(39-18-21)44-19-37(20-44)10-13-49-14-11-37)35(47)40-26-6-3-23(4-7-26)36(48)45-12-9-24-16-30(32(46)31-22(2)41-43-42-31)50-33(24)27-8-5-25(38)17-29(27)45/h3-8,15-18H,9-14,19-20H2,1-2H3,(H,40,47)(H,41,42,43). The van der Waals surface area contributed by atoms with E-state index in [2.05, 4.69) is 30.6 Å². The lowest BCUT2D eigenvalue weighted by Crippen LogP contribution is -2.59. The van der Waals surface area contributed by atoms with Gasteiger partial charge in [-0.05, 0) is 98.8 Å². The van der Waals surface area contributed by atoms with E-state index in [4.69, 9.17) is 4.74 Å². The van der Waals surface area contributed by atoms with Gasteiger partial charge in [-0.15, -0.1) is 16.4 Å². The number of hydrogen-bond acceptors (Lipinski definition) is 9. The summed E-state index contributed by atoms with van der Waals surface area (Å²) in [5.74, 6) is -0.592. The van der Waals surface area contributed by atoms with Crippen LogP contribution >= 0.6 is 11.3 Å². The maximum absolute atomic E-state index is 14.7. The van der Waals surface area contributed by atoms with Crippen molar-refractivity contribution in [1.82, 2.24) is 20.4 Å². The molecule has 0 bridgehead atoms. The summed E-state index contributed by atoms with van der Waals surface area (Å²) in [7, 11) is 0. The SMILES string of the molecule is Cc1cnc(N2CC3(CCOCC3)C2)c(C(=O)Nc2ccc(C(=O)N3CCc4cc(C(=O)c5[nH]nnc5C)sc4-c4ccc(F)cc43)cc2)c1. The highest BCUT2D eigenvalue weighted by Gasteiger charge is 2.45. The predicted octanol–water partition coefficient (Wildman–Crippen LogP) is 5.99. The van der Waals surface area contributed by atoms with E-state index in [-0.39, 0.29) is 29.6 Å². The molecular weight excluding hydrogens is 658 g/mol. The number of fused-ring (bicyclic) bond motifs is 3. The van der Waals surface area contributed by atoms with Gasteiger partial charge in [-0.2, -0.15) is 0 Å². The number of nitrogens with one attached hydrogen (secondary N) is 2. The van der Waals surface area contributed by atoms with Crippen molar-refractivity contribution >= 4 is 46.1 Å². The molecule has 0 unspecified atom stereocenters. The highest BCUT2D eigenvalue weighted by molar-refractivity contribution is 7.17. The minimum Gasteiger partial charge on any atom is -0.381 e. The molecule has 2 N–H and O–H groups in total. The topological polar surface area (TPSA) is 133 Å². The average molecular weight is 692 g/mol. The van der Waals surface area contributed by atoms with Gasteiger partial charge in [-0.1, -0.05) is 5.21 Å². The van der Waals surface area contributed by atoms with E-state index in [0.29, 0.717) is 56.6 Å². The second-order valence-electron chi connectivity index (χ2n) is 13.3. The summed E-state index contributed by atoms with van der Waals surface area (Å²) in [6.45, 7) is 7.14. The number of ether oxygens (including phenoxy) is 1. The number of carbonyl (C=O) groups excluding carboxylic acids is 3. The lowest BCUT2D eigenvalue weighted by Gasteiger charge is -2.53. The Hall–Kier alpha value is -5.27. The van der Waals surface area contributed by atoms with Crippen molar-refractivity contribution in [2.75, 3.05) is 48.0 Å². The van der Waals surface area contributed by atoms with Crippen molar-refractivity contribution in [3.63, 3.8) is 0 Å². The van der Waals surface area contributed by atoms with Gasteiger partial charge in [0, 0.05) is 66.2 Å². The Morgan fingerprint density at radius 2 is 1.80 bits per heavy atom. The zero-order chi connectivity index (χ0) is 34.6. The van der Waals surface area contributed by atoms with Crippen molar-refractivity contribution in [1.29, 1.82) is 0 Å². The number of benzene rings is 2. The maximum atomic E-state index is 14.7. The molecular formula is C37H34FN7O4S. The Kier molecular flexibility index (Phi) is 8.03. The molecule has 2 saturated heterocycles. The number of H-pyrrole nitrogens is 1. The first kappa shape index (κ1) is 32.0. The minimum absolute atomic E-state index is 0.215. The molecule has 1 spiro atoms. The largest absolute Gasteiger partial charge is 0.381 e. The Labute approximate surface area is 291 Å². The molecule has 2 amide bonds. The molecule has 13 heteroatoms. The van der Waals surface area contributed by atoms with E-state index >= 15 is 0 Å². The van der Waals surface area contributed by atoms with Crippen LogP contribution in [0.4, 0.5) is 21.6 Å². The Morgan fingerprint density at radius 3 is 2.54 bits per heavy atom. The summed E-state index contributed by atoms with van der Waals surface area (Å²) >= 11 is 1.30. The summed E-state index contributed by atoms with van der Waals surface area (Å²) in [6, 6.07) is 14.8. The van der Waals surface area contributed by atoms with Gasteiger partial charge in [0.25, 0.3) is 11.8 Å². The van der Waals surface area contributed by atoms with Crippen LogP contribution in [-0.2, 0) is 11.2 Å². The number of anilines is 3. The summed E-state index contributed by atoms with van der Waals surface area (Å²) < 4.78 is 20.2. The van der Waals surface area contributed by atoms with Crippen LogP contribution in [0.25, 0.3) is 10.4 Å². The number of aryl methyl sites for hydroxylation is 2. The molecule has 254 valence electrons. The average Bonchev–Trinajstić information content (AvgIpc) is 3.70. The number of halogens is 1. The first-order valence-electron chi connectivity index (χ1n) is 16.6. The highest BCUT2D eigenvalue weighted by Crippen LogP contribution is 2.44. The van der Waals surface area contributed by atoms with E-state index in [0.717, 1.165) is 55.1 Å². The molecule has 50 heavy (non-hydrogen) atoms. The van der Waals surface area contributed by atoms with Gasteiger partial charge in [-0.3, -0.25) is 19.5 Å². The number of ketones is 1. The zero-order valence-electron chi connectivity index (χ0n) is 27.6. The lowest BCUT2D eigenvalue weighted by molar-refractivity contribution is -0.000511. The number of nitrogens with zero attached hydrogens (tertiary/aromatic N) is 5. The highest BCUT2D eigenvalue weighted by atomic mass is 32.1. The lowest BCUT2D eigenvalue weighted by atomic mass is 9.73. The maximum Gasteiger partial charge on any atom is 0.259 e. The van der Waals surface area contributed by atoms with Crippen LogP contribution in [0.2, 0.25) is 0 Å². The van der Waals surface area contributed by atoms with Crippen molar-refractivity contribution in [2.24, 2.45) is 5.41 Å². The second kappa shape index (κ2) is 12.6. The molecule has 3 aliphatic heterocycles. The first-order chi connectivity index (χ1) is 24.2. The monoisotopic (exact) mass is 691 g/mol. The van der Waals surface area contributed by atoms with E-state index in [1.165, 1.54) is 23.5 Å². The number of pyridine rings is 1. The van der Waals surface area contributed by atoms with E-state index in [1.54, 1.807) is 48.4 Å². The summed E-state index contributed by atoms with van der Waals surface area (Å²) in [5.41, 5.74) is 5.38. The number of aromatic amines is 1. The third-order valence-electron chi connectivity index (χ3n) is 9.87. The second-order valence-corrected chi connectivity index (χ2v) is 14.4. The number of amides is 2. The summed E-state index contributed by atoms with van der Waals surface area (Å²) in [6.07, 6.45) is 4.28.